The Kier molecular flexibility index (Phi) is 11.3. The van der Waals surface area contributed by atoms with Crippen molar-refractivity contribution in [2.45, 2.75) is 122 Å². The quantitative estimate of drug-likeness (QED) is 0.0657. The van der Waals surface area contributed by atoms with Gasteiger partial charge in [-0.25, -0.2) is 9.78 Å². The highest BCUT2D eigenvalue weighted by atomic mass is 28.3. The van der Waals surface area contributed by atoms with Crippen molar-refractivity contribution in [1.82, 2.24) is 14.5 Å². The summed E-state index contributed by atoms with van der Waals surface area (Å²) in [5, 5.41) is 0.956. The van der Waals surface area contributed by atoms with Gasteiger partial charge >= 0.3 is 5.97 Å². The minimum absolute atomic E-state index is 0.400. The van der Waals surface area contributed by atoms with Gasteiger partial charge in [0.25, 0.3) is 0 Å². The molecule has 9 heteroatoms. The summed E-state index contributed by atoms with van der Waals surface area (Å²) >= 11 is 0. The second-order valence-corrected chi connectivity index (χ2v) is 23.3. The van der Waals surface area contributed by atoms with E-state index in [-0.39, 0.29) is 0 Å². The normalized spacial score (nSPS) is 19.0. The Morgan fingerprint density at radius 1 is 0.906 bits per heavy atom. The van der Waals surface area contributed by atoms with Crippen molar-refractivity contribution in [3.05, 3.63) is 83.2 Å². The number of nitrogens with zero attached hydrogens (tertiary/aromatic N) is 4. The first kappa shape index (κ1) is 37.6. The van der Waals surface area contributed by atoms with Gasteiger partial charge in [0, 0.05) is 70.2 Å². The summed E-state index contributed by atoms with van der Waals surface area (Å²) in [7, 11) is -1.15. The summed E-state index contributed by atoms with van der Waals surface area (Å²) in [5.74, 6) is 1.41. The lowest BCUT2D eigenvalue weighted by Gasteiger charge is -2.41. The molecule has 1 saturated carbocycles. The molecular formula is C44H60N4O4Si. The van der Waals surface area contributed by atoms with Crippen molar-refractivity contribution in [2.24, 2.45) is 0 Å². The van der Waals surface area contributed by atoms with Crippen molar-refractivity contribution in [3.63, 3.8) is 0 Å². The number of ether oxygens (including phenoxy) is 3. The first-order valence-corrected chi connectivity index (χ1v) is 23.8. The summed E-state index contributed by atoms with van der Waals surface area (Å²) < 4.78 is 20.4. The van der Waals surface area contributed by atoms with E-state index in [1.807, 2.05) is 61.9 Å². The lowest BCUT2D eigenvalue weighted by Crippen LogP contribution is -2.47. The molecule has 0 radical (unpaired) electrons. The van der Waals surface area contributed by atoms with E-state index in [4.69, 9.17) is 19.2 Å². The van der Waals surface area contributed by atoms with Gasteiger partial charge in [0.1, 0.15) is 35.0 Å². The molecule has 3 heterocycles. The number of pyridine rings is 1. The molecule has 2 aromatic carbocycles. The van der Waals surface area contributed by atoms with E-state index in [9.17, 15) is 4.79 Å². The maximum atomic E-state index is 13.5. The zero-order valence-electron chi connectivity index (χ0n) is 33.0. The van der Waals surface area contributed by atoms with Gasteiger partial charge in [-0.1, -0.05) is 57.1 Å². The standard InChI is InChI=1S/C44H60N4O4Si/c1-44(2,3)52-43(49)39-19-18-34(29-41(39)51-35-28-33-20-21-48(42(33)45-30-35)31-50-26-27-53(4,5)6)46-22-24-47(25-23-46)40-17-10-9-14-37-36(15-11-16-38(37)40)32-12-7-8-13-32/h11,15-16,18-21,28-30,32,40H,7-10,12-14,17,22-27,31H2,1-6H3. The minimum Gasteiger partial charge on any atom is -0.456 e. The smallest absolute Gasteiger partial charge is 0.342 e. The van der Waals surface area contributed by atoms with E-state index in [1.54, 1.807) is 22.9 Å². The van der Waals surface area contributed by atoms with Crippen LogP contribution < -0.4 is 9.64 Å². The zero-order chi connectivity index (χ0) is 37.2. The van der Waals surface area contributed by atoms with Gasteiger partial charge in [0.2, 0.25) is 0 Å². The maximum absolute atomic E-state index is 13.5. The minimum atomic E-state index is -1.15. The predicted octanol–water partition coefficient (Wildman–Crippen LogP) is 10.3. The van der Waals surface area contributed by atoms with Gasteiger partial charge in [-0.2, -0.15) is 0 Å². The van der Waals surface area contributed by atoms with Crippen molar-refractivity contribution in [3.8, 4) is 11.5 Å². The predicted molar refractivity (Wildman–Crippen MR) is 217 cm³/mol. The van der Waals surface area contributed by atoms with E-state index < -0.39 is 19.6 Å². The molecule has 284 valence electrons. The summed E-state index contributed by atoms with van der Waals surface area (Å²) in [4.78, 5) is 23.4. The average Bonchev–Trinajstić information content (AvgIpc) is 3.74. The number of benzene rings is 2. The Morgan fingerprint density at radius 3 is 2.42 bits per heavy atom. The number of hydrogen-bond donors (Lipinski definition) is 0. The zero-order valence-corrected chi connectivity index (χ0v) is 34.0. The Morgan fingerprint density at radius 2 is 1.66 bits per heavy atom. The van der Waals surface area contributed by atoms with Crippen LogP contribution >= 0.6 is 0 Å². The Bertz CT molecular complexity index is 1880. The maximum Gasteiger partial charge on any atom is 0.342 e. The SMILES string of the molecule is CC(C)(C)OC(=O)c1ccc(N2CCN(C3CCCCc4c(C5CCCC5)cccc43)CC2)cc1Oc1cnc2c(ccn2COCC[Si](C)(C)C)c1. The molecule has 2 fully saturated rings. The van der Waals surface area contributed by atoms with E-state index in [0.29, 0.717) is 29.8 Å². The molecule has 0 N–H and O–H groups in total. The highest BCUT2D eigenvalue weighted by Gasteiger charge is 2.31. The fourth-order valence-corrected chi connectivity index (χ4v) is 9.25. The molecule has 1 saturated heterocycles. The number of fused-ring (bicyclic) bond motifs is 2. The third-order valence-corrected chi connectivity index (χ3v) is 13.0. The number of hydrogen-bond acceptors (Lipinski definition) is 7. The van der Waals surface area contributed by atoms with Gasteiger partial charge in [0.05, 0.1) is 6.20 Å². The van der Waals surface area contributed by atoms with E-state index in [1.165, 1.54) is 51.4 Å². The summed E-state index contributed by atoms with van der Waals surface area (Å²) in [6, 6.07) is 18.7. The first-order chi connectivity index (χ1) is 25.4. The molecule has 1 atom stereocenters. The number of piperazine rings is 1. The van der Waals surface area contributed by atoms with Crippen LogP contribution in [0.2, 0.25) is 25.7 Å². The molecule has 1 unspecified atom stereocenters. The summed E-state index contributed by atoms with van der Waals surface area (Å²) in [5.41, 5.74) is 6.58. The van der Waals surface area contributed by atoms with Gasteiger partial charge in [-0.3, -0.25) is 4.90 Å². The van der Waals surface area contributed by atoms with Crippen LogP contribution in [0.5, 0.6) is 11.5 Å². The molecule has 1 aliphatic heterocycles. The fourth-order valence-electron chi connectivity index (χ4n) is 8.49. The molecule has 7 rings (SSSR count). The number of esters is 1. The molecule has 0 bridgehead atoms. The van der Waals surface area contributed by atoms with Crippen LogP contribution in [0.1, 0.15) is 105 Å². The number of aromatic nitrogens is 2. The summed E-state index contributed by atoms with van der Waals surface area (Å²) in [6.45, 7) is 17.8. The van der Waals surface area contributed by atoms with Crippen LogP contribution in [0.3, 0.4) is 0 Å². The van der Waals surface area contributed by atoms with Crippen molar-refractivity contribution >= 4 is 30.8 Å². The van der Waals surface area contributed by atoms with Crippen LogP contribution in [0.15, 0.2) is 60.9 Å². The molecule has 0 amide bonds. The lowest BCUT2D eigenvalue weighted by atomic mass is 9.86. The Hall–Kier alpha value is -3.66. The molecule has 2 aliphatic carbocycles. The molecule has 2 aromatic heterocycles. The third-order valence-electron chi connectivity index (χ3n) is 11.3. The largest absolute Gasteiger partial charge is 0.456 e. The number of carbonyl (C=O) groups excluding carboxylic acids is 1. The van der Waals surface area contributed by atoms with Gasteiger partial charge in [0.15, 0.2) is 0 Å². The third kappa shape index (κ3) is 9.18. The van der Waals surface area contributed by atoms with Gasteiger partial charge < -0.3 is 23.7 Å². The highest BCUT2D eigenvalue weighted by molar-refractivity contribution is 6.76. The molecule has 8 nitrogen and oxygen atoms in total. The van der Waals surface area contributed by atoms with E-state index in [0.717, 1.165) is 61.5 Å². The Balaban J connectivity index is 1.07. The van der Waals surface area contributed by atoms with Crippen molar-refractivity contribution in [2.75, 3.05) is 37.7 Å². The topological polar surface area (TPSA) is 69.1 Å². The lowest BCUT2D eigenvalue weighted by molar-refractivity contribution is 0.00671. The van der Waals surface area contributed by atoms with Crippen LogP contribution in [0.4, 0.5) is 5.69 Å². The van der Waals surface area contributed by atoms with Crippen molar-refractivity contribution in [1.29, 1.82) is 0 Å². The molecule has 53 heavy (non-hydrogen) atoms. The van der Waals surface area contributed by atoms with Crippen molar-refractivity contribution < 1.29 is 19.0 Å². The molecule has 3 aliphatic rings. The second-order valence-electron chi connectivity index (χ2n) is 17.7. The summed E-state index contributed by atoms with van der Waals surface area (Å²) in [6.07, 6.45) is 14.2. The van der Waals surface area contributed by atoms with Gasteiger partial charge in [-0.15, -0.1) is 0 Å². The van der Waals surface area contributed by atoms with Crippen LogP contribution in [0.25, 0.3) is 11.0 Å². The number of carbonyl (C=O) groups is 1. The molecule has 0 spiro atoms. The van der Waals surface area contributed by atoms with E-state index >= 15 is 0 Å². The van der Waals surface area contributed by atoms with Gasteiger partial charge in [-0.05, 0) is 106 Å². The van der Waals surface area contributed by atoms with E-state index in [2.05, 4.69) is 47.6 Å². The van der Waals surface area contributed by atoms with Crippen LogP contribution in [-0.4, -0.2) is 66.9 Å². The monoisotopic (exact) mass is 736 g/mol. The molecule has 4 aromatic rings. The average molecular weight is 737 g/mol. The fraction of sp³-hybridized carbons (Fsp3) is 0.545. The number of rotatable bonds is 11. The Labute approximate surface area is 317 Å². The molecular weight excluding hydrogens is 677 g/mol. The second kappa shape index (κ2) is 16.0. The van der Waals surface area contributed by atoms with Crippen LogP contribution in [-0.2, 0) is 22.6 Å². The highest BCUT2D eigenvalue weighted by Crippen LogP contribution is 2.42. The van der Waals surface area contributed by atoms with Crippen LogP contribution in [0, 0.1) is 0 Å². The first-order valence-electron chi connectivity index (χ1n) is 20.1. The number of anilines is 1.